The van der Waals surface area contributed by atoms with Crippen molar-refractivity contribution in [2.75, 3.05) is 0 Å². The van der Waals surface area contributed by atoms with Crippen molar-refractivity contribution >= 4 is 0 Å². The maximum absolute atomic E-state index is 13.0. The molecule has 1 heterocycles. The Labute approximate surface area is 87.7 Å². The van der Waals surface area contributed by atoms with E-state index in [1.165, 1.54) is 12.1 Å². The summed E-state index contributed by atoms with van der Waals surface area (Å²) in [5.41, 5.74) is 0.428. The summed E-state index contributed by atoms with van der Waals surface area (Å²) in [5.74, 6) is 0.329. The van der Waals surface area contributed by atoms with Crippen LogP contribution in [0.3, 0.4) is 0 Å². The van der Waals surface area contributed by atoms with Gasteiger partial charge in [0.2, 0.25) is 0 Å². The number of hydrogen-bond donors (Lipinski definition) is 1. The van der Waals surface area contributed by atoms with E-state index in [4.69, 9.17) is 4.74 Å². The number of rotatable bonds is 0. The molecule has 0 bridgehead atoms. The van der Waals surface area contributed by atoms with Gasteiger partial charge in [-0.3, -0.25) is 0 Å². The van der Waals surface area contributed by atoms with Gasteiger partial charge in [0.05, 0.1) is 6.10 Å². The molecule has 1 aliphatic carbocycles. The SMILES string of the molecule is O[C@H]1CC2(CCC2)Oc2ccc(F)cc21. The minimum absolute atomic E-state index is 0.162. The van der Waals surface area contributed by atoms with Gasteiger partial charge in [-0.25, -0.2) is 4.39 Å². The van der Waals surface area contributed by atoms with Gasteiger partial charge in [0.1, 0.15) is 17.2 Å². The molecule has 3 heteroatoms. The first kappa shape index (κ1) is 9.16. The lowest BCUT2D eigenvalue weighted by Crippen LogP contribution is -2.46. The summed E-state index contributed by atoms with van der Waals surface area (Å²) in [6.45, 7) is 0. The lowest BCUT2D eigenvalue weighted by atomic mass is 9.73. The van der Waals surface area contributed by atoms with Crippen molar-refractivity contribution in [3.63, 3.8) is 0 Å². The highest BCUT2D eigenvalue weighted by atomic mass is 19.1. The summed E-state index contributed by atoms with van der Waals surface area (Å²) in [7, 11) is 0. The average molecular weight is 208 g/mol. The summed E-state index contributed by atoms with van der Waals surface area (Å²) in [4.78, 5) is 0. The van der Waals surface area contributed by atoms with E-state index in [0.717, 1.165) is 19.3 Å². The van der Waals surface area contributed by atoms with Gasteiger partial charge in [-0.15, -0.1) is 0 Å². The average Bonchev–Trinajstić information content (AvgIpc) is 2.16. The molecule has 1 aliphatic heterocycles. The van der Waals surface area contributed by atoms with E-state index in [-0.39, 0.29) is 11.4 Å². The van der Waals surface area contributed by atoms with Crippen LogP contribution < -0.4 is 4.74 Å². The van der Waals surface area contributed by atoms with Crippen molar-refractivity contribution in [1.29, 1.82) is 0 Å². The van der Waals surface area contributed by atoms with Crippen molar-refractivity contribution in [3.05, 3.63) is 29.6 Å². The van der Waals surface area contributed by atoms with Gasteiger partial charge in [0.15, 0.2) is 0 Å². The maximum atomic E-state index is 13.0. The van der Waals surface area contributed by atoms with Crippen LogP contribution in [0.25, 0.3) is 0 Å². The van der Waals surface area contributed by atoms with Gasteiger partial charge in [-0.2, -0.15) is 0 Å². The summed E-state index contributed by atoms with van der Waals surface area (Å²) < 4.78 is 18.8. The highest BCUT2D eigenvalue weighted by molar-refractivity contribution is 5.38. The quantitative estimate of drug-likeness (QED) is 0.710. The van der Waals surface area contributed by atoms with Crippen molar-refractivity contribution in [2.45, 2.75) is 37.4 Å². The lowest BCUT2D eigenvalue weighted by molar-refractivity contribution is -0.0665. The molecule has 1 aromatic carbocycles. The standard InChI is InChI=1S/C12H13FO2/c13-8-2-3-11-9(6-8)10(14)7-12(15-11)4-1-5-12/h2-3,6,10,14H,1,4-5,7H2/t10-/m0/s1. The highest BCUT2D eigenvalue weighted by Crippen LogP contribution is 2.48. The molecule has 80 valence electrons. The Bertz CT molecular complexity index is 399. The van der Waals surface area contributed by atoms with Crippen molar-refractivity contribution in [1.82, 2.24) is 0 Å². The van der Waals surface area contributed by atoms with Crippen LogP contribution in [0.2, 0.25) is 0 Å². The first-order valence-electron chi connectivity index (χ1n) is 5.35. The monoisotopic (exact) mass is 208 g/mol. The van der Waals surface area contributed by atoms with Gasteiger partial charge in [0, 0.05) is 12.0 Å². The van der Waals surface area contributed by atoms with Crippen LogP contribution in [0.4, 0.5) is 4.39 Å². The first-order valence-corrected chi connectivity index (χ1v) is 5.35. The van der Waals surface area contributed by atoms with E-state index >= 15 is 0 Å². The summed E-state index contributed by atoms with van der Waals surface area (Å²) >= 11 is 0. The van der Waals surface area contributed by atoms with Crippen LogP contribution in [0.15, 0.2) is 18.2 Å². The summed E-state index contributed by atoms with van der Waals surface area (Å²) in [6.07, 6.45) is 3.18. The zero-order valence-corrected chi connectivity index (χ0v) is 8.37. The van der Waals surface area contributed by atoms with Crippen LogP contribution in [0.5, 0.6) is 5.75 Å². The van der Waals surface area contributed by atoms with Gasteiger partial charge in [0.25, 0.3) is 0 Å². The van der Waals surface area contributed by atoms with Gasteiger partial charge < -0.3 is 9.84 Å². The van der Waals surface area contributed by atoms with E-state index < -0.39 is 6.10 Å². The maximum Gasteiger partial charge on any atom is 0.126 e. The molecule has 0 aromatic heterocycles. The van der Waals surface area contributed by atoms with Gasteiger partial charge in [-0.05, 0) is 37.5 Å². The molecule has 1 atom stereocenters. The van der Waals surface area contributed by atoms with E-state index in [1.807, 2.05) is 0 Å². The normalized spacial score (nSPS) is 26.7. The fourth-order valence-electron chi connectivity index (χ4n) is 2.49. The molecule has 0 saturated heterocycles. The van der Waals surface area contributed by atoms with Crippen LogP contribution >= 0.6 is 0 Å². The molecule has 0 unspecified atom stereocenters. The smallest absolute Gasteiger partial charge is 0.126 e. The predicted molar refractivity (Wildman–Crippen MR) is 53.2 cm³/mol. The van der Waals surface area contributed by atoms with E-state index in [1.54, 1.807) is 6.07 Å². The van der Waals surface area contributed by atoms with Crippen LogP contribution in [0, 0.1) is 5.82 Å². The molecule has 0 radical (unpaired) electrons. The third-order valence-corrected chi connectivity index (χ3v) is 3.49. The molecule has 0 amide bonds. The minimum atomic E-state index is -0.579. The van der Waals surface area contributed by atoms with Crippen molar-refractivity contribution < 1.29 is 14.2 Å². The Morgan fingerprint density at radius 3 is 2.87 bits per heavy atom. The number of aliphatic hydroxyl groups excluding tert-OH is 1. The molecule has 3 rings (SSSR count). The topological polar surface area (TPSA) is 29.5 Å². The number of ether oxygens (including phenoxy) is 1. The molecule has 1 aromatic rings. The predicted octanol–water partition coefficient (Wildman–Crippen LogP) is 2.56. The molecular formula is C12H13FO2. The Hall–Kier alpha value is -1.09. The third kappa shape index (κ3) is 1.34. The summed E-state index contributed by atoms with van der Waals surface area (Å²) in [5, 5.41) is 9.94. The molecule has 15 heavy (non-hydrogen) atoms. The second-order valence-electron chi connectivity index (χ2n) is 4.54. The van der Waals surface area contributed by atoms with E-state index in [9.17, 15) is 9.50 Å². The van der Waals surface area contributed by atoms with Crippen LogP contribution in [0.1, 0.15) is 37.4 Å². The Balaban J connectivity index is 2.01. The van der Waals surface area contributed by atoms with Crippen molar-refractivity contribution in [3.8, 4) is 5.75 Å². The fourth-order valence-corrected chi connectivity index (χ4v) is 2.49. The van der Waals surface area contributed by atoms with E-state index in [2.05, 4.69) is 0 Å². The molecule has 1 saturated carbocycles. The van der Waals surface area contributed by atoms with Gasteiger partial charge >= 0.3 is 0 Å². The number of aliphatic hydroxyl groups is 1. The molecule has 2 nitrogen and oxygen atoms in total. The molecule has 2 aliphatic rings. The number of fused-ring (bicyclic) bond motifs is 1. The summed E-state index contributed by atoms with van der Waals surface area (Å²) in [6, 6.07) is 4.36. The number of halogens is 1. The molecule has 1 fully saturated rings. The fraction of sp³-hybridized carbons (Fsp3) is 0.500. The van der Waals surface area contributed by atoms with Crippen LogP contribution in [-0.4, -0.2) is 10.7 Å². The third-order valence-electron chi connectivity index (χ3n) is 3.49. The van der Waals surface area contributed by atoms with E-state index in [0.29, 0.717) is 17.7 Å². The molecular weight excluding hydrogens is 195 g/mol. The zero-order chi connectivity index (χ0) is 10.5. The Morgan fingerprint density at radius 1 is 1.40 bits per heavy atom. The highest BCUT2D eigenvalue weighted by Gasteiger charge is 2.45. The molecule has 1 spiro atoms. The lowest BCUT2D eigenvalue weighted by Gasteiger charge is -2.46. The minimum Gasteiger partial charge on any atom is -0.487 e. The number of benzene rings is 1. The van der Waals surface area contributed by atoms with Crippen molar-refractivity contribution in [2.24, 2.45) is 0 Å². The van der Waals surface area contributed by atoms with Gasteiger partial charge in [-0.1, -0.05) is 0 Å². The largest absolute Gasteiger partial charge is 0.487 e. The second kappa shape index (κ2) is 2.95. The van der Waals surface area contributed by atoms with Crippen LogP contribution in [-0.2, 0) is 0 Å². The number of hydrogen-bond acceptors (Lipinski definition) is 2. The first-order chi connectivity index (χ1) is 7.19. The Kier molecular flexibility index (Phi) is 1.80. The zero-order valence-electron chi connectivity index (χ0n) is 8.37. The Morgan fingerprint density at radius 2 is 2.20 bits per heavy atom. The molecule has 1 N–H and O–H groups in total. The second-order valence-corrected chi connectivity index (χ2v) is 4.54.